The zero-order chi connectivity index (χ0) is 13.2. The zero-order valence-electron chi connectivity index (χ0n) is 11.1. The van der Waals surface area contributed by atoms with E-state index >= 15 is 0 Å². The van der Waals surface area contributed by atoms with Crippen LogP contribution in [0, 0.1) is 5.92 Å². The highest BCUT2D eigenvalue weighted by atomic mass is 16.2. The van der Waals surface area contributed by atoms with Crippen molar-refractivity contribution in [2.24, 2.45) is 5.92 Å². The number of nitrogens with zero attached hydrogens (tertiary/aromatic N) is 3. The Morgan fingerprint density at radius 1 is 1.58 bits per heavy atom. The Morgan fingerprint density at radius 2 is 2.47 bits per heavy atom. The summed E-state index contributed by atoms with van der Waals surface area (Å²) in [5.41, 5.74) is 0. The van der Waals surface area contributed by atoms with Gasteiger partial charge in [-0.2, -0.15) is 4.98 Å². The van der Waals surface area contributed by atoms with Crippen LogP contribution in [0.4, 0.5) is 11.8 Å². The third-order valence-electron chi connectivity index (χ3n) is 3.87. The summed E-state index contributed by atoms with van der Waals surface area (Å²) in [5, 5.41) is 6.09. The second-order valence-electron chi connectivity index (χ2n) is 5.02. The minimum absolute atomic E-state index is 0.117. The van der Waals surface area contributed by atoms with E-state index in [9.17, 15) is 4.79 Å². The van der Waals surface area contributed by atoms with Gasteiger partial charge in [-0.15, -0.1) is 0 Å². The first-order valence-electron chi connectivity index (χ1n) is 6.91. The monoisotopic (exact) mass is 261 g/mol. The number of carbonyl (C=O) groups is 1. The first-order chi connectivity index (χ1) is 9.29. The molecule has 6 nitrogen and oxygen atoms in total. The van der Waals surface area contributed by atoms with Gasteiger partial charge in [-0.25, -0.2) is 4.98 Å². The van der Waals surface area contributed by atoms with Crippen molar-refractivity contribution in [3.63, 3.8) is 0 Å². The Kier molecular flexibility index (Phi) is 3.23. The predicted octanol–water partition coefficient (Wildman–Crippen LogP) is 0.623. The summed E-state index contributed by atoms with van der Waals surface area (Å²) in [6.07, 6.45) is 3.79. The topological polar surface area (TPSA) is 70.2 Å². The third-order valence-corrected chi connectivity index (χ3v) is 3.87. The number of piperidine rings is 1. The fourth-order valence-corrected chi connectivity index (χ4v) is 2.99. The van der Waals surface area contributed by atoms with Crippen molar-refractivity contribution in [2.75, 3.05) is 29.9 Å². The number of aromatic nitrogens is 2. The summed E-state index contributed by atoms with van der Waals surface area (Å²) in [7, 11) is 0. The van der Waals surface area contributed by atoms with Gasteiger partial charge < -0.3 is 15.5 Å². The molecule has 0 spiro atoms. The van der Waals surface area contributed by atoms with Crippen LogP contribution >= 0.6 is 0 Å². The van der Waals surface area contributed by atoms with Gasteiger partial charge in [0, 0.05) is 25.8 Å². The van der Waals surface area contributed by atoms with Gasteiger partial charge in [0.25, 0.3) is 0 Å². The molecule has 19 heavy (non-hydrogen) atoms. The molecule has 0 bridgehead atoms. The SMILES string of the molecule is CCNc1nccc(N2CCCC3C(=O)NCC32)n1. The van der Waals surface area contributed by atoms with E-state index in [1.54, 1.807) is 6.20 Å². The van der Waals surface area contributed by atoms with Crippen LogP contribution in [0.2, 0.25) is 0 Å². The maximum atomic E-state index is 11.8. The number of hydrogen-bond acceptors (Lipinski definition) is 5. The van der Waals surface area contributed by atoms with Crippen molar-refractivity contribution < 1.29 is 4.79 Å². The average Bonchev–Trinajstić information content (AvgIpc) is 2.81. The lowest BCUT2D eigenvalue weighted by molar-refractivity contribution is -0.122. The lowest BCUT2D eigenvalue weighted by Crippen LogP contribution is -2.46. The minimum Gasteiger partial charge on any atom is -0.354 e. The molecule has 0 saturated carbocycles. The molecule has 2 fully saturated rings. The summed E-state index contributed by atoms with van der Waals surface area (Å²) in [6, 6.07) is 2.16. The molecule has 2 saturated heterocycles. The van der Waals surface area contributed by atoms with Gasteiger partial charge in [0.2, 0.25) is 11.9 Å². The van der Waals surface area contributed by atoms with Gasteiger partial charge in [-0.3, -0.25) is 4.79 Å². The molecule has 1 aromatic heterocycles. The predicted molar refractivity (Wildman–Crippen MR) is 73.1 cm³/mol. The van der Waals surface area contributed by atoms with E-state index in [1.165, 1.54) is 0 Å². The molecule has 3 rings (SSSR count). The molecule has 2 atom stereocenters. The number of carbonyl (C=O) groups excluding carboxylic acids is 1. The van der Waals surface area contributed by atoms with Crippen LogP contribution < -0.4 is 15.5 Å². The molecule has 0 aromatic carbocycles. The Morgan fingerprint density at radius 3 is 3.32 bits per heavy atom. The van der Waals surface area contributed by atoms with Crippen LogP contribution in [-0.2, 0) is 4.79 Å². The van der Waals surface area contributed by atoms with Crippen molar-refractivity contribution in [2.45, 2.75) is 25.8 Å². The van der Waals surface area contributed by atoms with Gasteiger partial charge >= 0.3 is 0 Å². The van der Waals surface area contributed by atoms with Crippen molar-refractivity contribution in [3.8, 4) is 0 Å². The van der Waals surface area contributed by atoms with Crippen molar-refractivity contribution >= 4 is 17.7 Å². The Labute approximate surface area is 112 Å². The van der Waals surface area contributed by atoms with E-state index in [1.807, 2.05) is 13.0 Å². The molecule has 102 valence electrons. The molecule has 6 heteroatoms. The molecule has 2 unspecified atom stereocenters. The largest absolute Gasteiger partial charge is 0.354 e. The number of anilines is 2. The van der Waals surface area contributed by atoms with Crippen LogP contribution in [0.15, 0.2) is 12.3 Å². The molecule has 2 N–H and O–H groups in total. The van der Waals surface area contributed by atoms with E-state index in [2.05, 4.69) is 25.5 Å². The molecule has 0 radical (unpaired) electrons. The number of fused-ring (bicyclic) bond motifs is 1. The van der Waals surface area contributed by atoms with Gasteiger partial charge in [0.05, 0.1) is 12.0 Å². The Bertz CT molecular complexity index is 478. The zero-order valence-corrected chi connectivity index (χ0v) is 11.1. The highest BCUT2D eigenvalue weighted by Crippen LogP contribution is 2.30. The quantitative estimate of drug-likeness (QED) is 0.835. The standard InChI is InChI=1S/C13H19N5O/c1-2-14-13-15-6-5-11(17-13)18-7-3-4-9-10(18)8-16-12(9)19/h5-6,9-10H,2-4,7-8H2,1H3,(H,16,19)(H,14,15,17). The number of nitrogens with one attached hydrogen (secondary N) is 2. The van der Waals surface area contributed by atoms with Crippen LogP contribution in [0.3, 0.4) is 0 Å². The maximum absolute atomic E-state index is 11.8. The van der Waals surface area contributed by atoms with E-state index < -0.39 is 0 Å². The van der Waals surface area contributed by atoms with E-state index in [0.717, 1.165) is 38.3 Å². The molecular formula is C13H19N5O. The molecule has 1 aromatic rings. The highest BCUT2D eigenvalue weighted by Gasteiger charge is 2.41. The van der Waals surface area contributed by atoms with E-state index in [-0.39, 0.29) is 17.9 Å². The Hall–Kier alpha value is -1.85. The maximum Gasteiger partial charge on any atom is 0.225 e. The van der Waals surface area contributed by atoms with Crippen LogP contribution in [0.5, 0.6) is 0 Å². The summed E-state index contributed by atoms with van der Waals surface area (Å²) in [5.74, 6) is 1.87. The first kappa shape index (κ1) is 12.2. The second kappa shape index (κ2) is 5.03. The lowest BCUT2D eigenvalue weighted by Gasteiger charge is -2.36. The fraction of sp³-hybridized carbons (Fsp3) is 0.615. The lowest BCUT2D eigenvalue weighted by atomic mass is 9.91. The summed E-state index contributed by atoms with van der Waals surface area (Å²) >= 11 is 0. The van der Waals surface area contributed by atoms with Crippen LogP contribution in [0.25, 0.3) is 0 Å². The van der Waals surface area contributed by atoms with Gasteiger partial charge in [-0.05, 0) is 25.8 Å². The minimum atomic E-state index is 0.117. The highest BCUT2D eigenvalue weighted by molar-refractivity contribution is 5.83. The molecule has 1 amide bonds. The Balaban J connectivity index is 1.84. The van der Waals surface area contributed by atoms with Crippen molar-refractivity contribution in [1.82, 2.24) is 15.3 Å². The normalized spacial score (nSPS) is 25.9. The van der Waals surface area contributed by atoms with E-state index in [4.69, 9.17) is 0 Å². The number of hydrogen-bond donors (Lipinski definition) is 2. The number of amides is 1. The summed E-state index contributed by atoms with van der Waals surface area (Å²) < 4.78 is 0. The molecule has 2 aliphatic heterocycles. The second-order valence-corrected chi connectivity index (χ2v) is 5.02. The van der Waals surface area contributed by atoms with Crippen molar-refractivity contribution in [3.05, 3.63) is 12.3 Å². The summed E-state index contributed by atoms with van der Waals surface area (Å²) in [4.78, 5) is 22.7. The molecule has 2 aliphatic rings. The van der Waals surface area contributed by atoms with Gasteiger partial charge in [-0.1, -0.05) is 0 Å². The smallest absolute Gasteiger partial charge is 0.225 e. The molecule has 0 aliphatic carbocycles. The molecular weight excluding hydrogens is 242 g/mol. The van der Waals surface area contributed by atoms with Crippen molar-refractivity contribution in [1.29, 1.82) is 0 Å². The fourth-order valence-electron chi connectivity index (χ4n) is 2.99. The van der Waals surface area contributed by atoms with Gasteiger partial charge in [0.1, 0.15) is 5.82 Å². The molecule has 3 heterocycles. The third kappa shape index (κ3) is 2.22. The number of rotatable bonds is 3. The average molecular weight is 261 g/mol. The van der Waals surface area contributed by atoms with Crippen LogP contribution in [0.1, 0.15) is 19.8 Å². The van der Waals surface area contributed by atoms with E-state index in [0.29, 0.717) is 5.95 Å². The first-order valence-corrected chi connectivity index (χ1v) is 6.91. The van der Waals surface area contributed by atoms with Crippen LogP contribution in [-0.4, -0.2) is 41.6 Å². The van der Waals surface area contributed by atoms with Gasteiger partial charge in [0.15, 0.2) is 0 Å². The summed E-state index contributed by atoms with van der Waals surface area (Å²) in [6.45, 7) is 4.50.